The van der Waals surface area contributed by atoms with E-state index in [1.165, 1.54) is 4.90 Å². The number of hydrogen-bond acceptors (Lipinski definition) is 4. The molecule has 4 rings (SSSR count). The van der Waals surface area contributed by atoms with Crippen LogP contribution in [0.4, 0.5) is 4.39 Å². The first kappa shape index (κ1) is 17.1. The first-order valence-electron chi connectivity index (χ1n) is 9.03. The number of piperidine rings is 2. The summed E-state index contributed by atoms with van der Waals surface area (Å²) in [6.07, 6.45) is 1.43. The van der Waals surface area contributed by atoms with Crippen molar-refractivity contribution < 1.29 is 18.8 Å². The van der Waals surface area contributed by atoms with Crippen LogP contribution in [0.25, 0.3) is 0 Å². The molecule has 1 unspecified atom stereocenters. The monoisotopic (exact) mass is 359 g/mol. The summed E-state index contributed by atoms with van der Waals surface area (Å²) in [5.41, 5.74) is 0.525. The van der Waals surface area contributed by atoms with Crippen molar-refractivity contribution in [2.24, 2.45) is 0 Å². The van der Waals surface area contributed by atoms with Gasteiger partial charge in [-0.25, -0.2) is 4.39 Å². The third kappa shape index (κ3) is 2.80. The zero-order valence-electron chi connectivity index (χ0n) is 14.8. The molecule has 1 N–H and O–H groups in total. The Kier molecular flexibility index (Phi) is 4.06. The molecule has 1 atom stereocenters. The van der Waals surface area contributed by atoms with Crippen molar-refractivity contribution >= 4 is 17.7 Å². The molecule has 0 saturated carbocycles. The highest BCUT2D eigenvalue weighted by Gasteiger charge is 2.41. The third-order valence-electron chi connectivity index (χ3n) is 5.82. The highest BCUT2D eigenvalue weighted by Crippen LogP contribution is 2.39. The molecule has 7 heteroatoms. The summed E-state index contributed by atoms with van der Waals surface area (Å²) in [4.78, 5) is 39.7. The molecule has 0 aromatic heterocycles. The number of amides is 3. The number of hydrogen-bond donors (Lipinski definition) is 1. The van der Waals surface area contributed by atoms with Gasteiger partial charge in [-0.1, -0.05) is 12.1 Å². The highest BCUT2D eigenvalue weighted by molar-refractivity contribution is 6.05. The Bertz CT molecular complexity index is 786. The Morgan fingerprint density at radius 1 is 1.19 bits per heavy atom. The number of carbonyl (C=O) groups is 3. The largest absolute Gasteiger partial charge is 0.322 e. The number of nitrogens with one attached hydrogen (secondary N) is 1. The van der Waals surface area contributed by atoms with Gasteiger partial charge in [-0.2, -0.15) is 0 Å². The molecule has 3 aliphatic rings. The molecule has 138 valence electrons. The summed E-state index contributed by atoms with van der Waals surface area (Å²) in [6, 6.07) is 4.53. The summed E-state index contributed by atoms with van der Waals surface area (Å²) in [6.45, 7) is 1.69. The van der Waals surface area contributed by atoms with Crippen molar-refractivity contribution in [3.63, 3.8) is 0 Å². The van der Waals surface area contributed by atoms with Crippen molar-refractivity contribution in [1.82, 2.24) is 15.1 Å². The minimum Gasteiger partial charge on any atom is -0.322 e. The average Bonchev–Trinajstić information content (AvgIpc) is 2.94. The van der Waals surface area contributed by atoms with Crippen LogP contribution in [0.2, 0.25) is 0 Å². The van der Waals surface area contributed by atoms with E-state index in [0.717, 1.165) is 5.56 Å². The number of imide groups is 1. The van der Waals surface area contributed by atoms with Crippen LogP contribution in [-0.2, 0) is 21.8 Å². The van der Waals surface area contributed by atoms with E-state index in [9.17, 15) is 14.4 Å². The van der Waals surface area contributed by atoms with E-state index in [-0.39, 0.29) is 24.8 Å². The van der Waals surface area contributed by atoms with Gasteiger partial charge in [-0.15, -0.1) is 0 Å². The van der Waals surface area contributed by atoms with Crippen LogP contribution in [0.15, 0.2) is 18.2 Å². The second kappa shape index (κ2) is 6.16. The van der Waals surface area contributed by atoms with Crippen molar-refractivity contribution in [3.05, 3.63) is 34.9 Å². The van der Waals surface area contributed by atoms with Gasteiger partial charge in [0.1, 0.15) is 11.7 Å². The van der Waals surface area contributed by atoms with Gasteiger partial charge in [0.2, 0.25) is 11.8 Å². The summed E-state index contributed by atoms with van der Waals surface area (Å²) in [5, 5.41) is 2.29. The molecule has 6 nitrogen and oxygen atoms in total. The normalized spacial score (nSPS) is 26.0. The van der Waals surface area contributed by atoms with Crippen LogP contribution in [-0.4, -0.2) is 53.7 Å². The van der Waals surface area contributed by atoms with Gasteiger partial charge < -0.3 is 9.80 Å². The molecule has 0 radical (unpaired) electrons. The Morgan fingerprint density at radius 2 is 1.92 bits per heavy atom. The zero-order chi connectivity index (χ0) is 18.5. The Balaban J connectivity index is 1.57. The maximum absolute atomic E-state index is 15.4. The highest BCUT2D eigenvalue weighted by atomic mass is 19.1. The fourth-order valence-electron chi connectivity index (χ4n) is 4.11. The lowest BCUT2D eigenvalue weighted by Gasteiger charge is -2.35. The molecule has 3 heterocycles. The molecule has 1 aromatic rings. The van der Waals surface area contributed by atoms with Crippen molar-refractivity contribution in [2.45, 2.75) is 43.9 Å². The number of rotatable bonds is 2. The molecule has 0 bridgehead atoms. The topological polar surface area (TPSA) is 69.7 Å². The molecule has 0 aliphatic carbocycles. The third-order valence-corrected chi connectivity index (χ3v) is 5.82. The van der Waals surface area contributed by atoms with Crippen molar-refractivity contribution in [3.8, 4) is 0 Å². The number of carbonyl (C=O) groups excluding carboxylic acids is 3. The number of fused-ring (bicyclic) bond motifs is 1. The van der Waals surface area contributed by atoms with E-state index >= 15 is 4.39 Å². The summed E-state index contributed by atoms with van der Waals surface area (Å²) >= 11 is 0. The number of alkyl halides is 1. The van der Waals surface area contributed by atoms with E-state index in [4.69, 9.17) is 0 Å². The lowest BCUT2D eigenvalue weighted by Crippen LogP contribution is -2.52. The first-order chi connectivity index (χ1) is 12.4. The van der Waals surface area contributed by atoms with Crippen molar-refractivity contribution in [1.29, 1.82) is 0 Å². The van der Waals surface area contributed by atoms with Gasteiger partial charge >= 0.3 is 0 Å². The molecule has 3 aliphatic heterocycles. The number of likely N-dealkylation sites (tertiary alicyclic amines) is 1. The van der Waals surface area contributed by atoms with E-state index in [2.05, 4.69) is 10.2 Å². The number of benzene rings is 1. The second-order valence-electron chi connectivity index (χ2n) is 7.54. The van der Waals surface area contributed by atoms with E-state index in [1.807, 2.05) is 7.05 Å². The van der Waals surface area contributed by atoms with Crippen LogP contribution in [0.5, 0.6) is 0 Å². The van der Waals surface area contributed by atoms with Crippen LogP contribution >= 0.6 is 0 Å². The summed E-state index contributed by atoms with van der Waals surface area (Å²) in [7, 11) is 1.98. The molecule has 0 spiro atoms. The number of halogens is 1. The minimum absolute atomic E-state index is 0.225. The summed E-state index contributed by atoms with van der Waals surface area (Å²) < 4.78 is 15.4. The van der Waals surface area contributed by atoms with Crippen molar-refractivity contribution in [2.75, 3.05) is 20.1 Å². The maximum atomic E-state index is 15.4. The molecule has 2 saturated heterocycles. The summed E-state index contributed by atoms with van der Waals surface area (Å²) in [5.74, 6) is -0.962. The molecular formula is C19H22FN3O3. The SMILES string of the molecule is CN1CCC(F)(c2ccc3c(c2)CN(C2CCC(=O)NC2=O)C3=O)CC1. The quantitative estimate of drug-likeness (QED) is 0.809. The fraction of sp³-hybridized carbons (Fsp3) is 0.526. The molecule has 3 amide bonds. The predicted octanol–water partition coefficient (Wildman–Crippen LogP) is 1.34. The van der Waals surface area contributed by atoms with Gasteiger partial charge in [0.05, 0.1) is 0 Å². The van der Waals surface area contributed by atoms with Gasteiger partial charge in [-0.3, -0.25) is 19.7 Å². The number of nitrogens with zero attached hydrogens (tertiary/aromatic N) is 2. The van der Waals surface area contributed by atoms with Gasteiger partial charge in [0.25, 0.3) is 5.91 Å². The first-order valence-corrected chi connectivity index (χ1v) is 9.03. The molecule has 26 heavy (non-hydrogen) atoms. The Morgan fingerprint density at radius 3 is 2.62 bits per heavy atom. The van der Waals surface area contributed by atoms with Crippen LogP contribution in [0, 0.1) is 0 Å². The predicted molar refractivity (Wildman–Crippen MR) is 92.0 cm³/mol. The zero-order valence-corrected chi connectivity index (χ0v) is 14.8. The lowest BCUT2D eigenvalue weighted by atomic mass is 9.85. The van der Waals surface area contributed by atoms with Crippen LogP contribution in [0.1, 0.15) is 47.2 Å². The van der Waals surface area contributed by atoms with Gasteiger partial charge in [0, 0.05) is 31.6 Å². The van der Waals surface area contributed by atoms with Crippen LogP contribution < -0.4 is 5.32 Å². The molecule has 1 aromatic carbocycles. The molecule has 2 fully saturated rings. The van der Waals surface area contributed by atoms with E-state index in [0.29, 0.717) is 43.5 Å². The maximum Gasteiger partial charge on any atom is 0.255 e. The van der Waals surface area contributed by atoms with Gasteiger partial charge in [0.15, 0.2) is 0 Å². The standard InChI is InChI=1S/C19H22FN3O3/c1-22-8-6-19(20,7-9-22)13-2-3-14-12(10-13)11-23(18(14)26)15-4-5-16(24)21-17(15)25/h2-3,10,15H,4-9,11H2,1H3,(H,21,24,25). The average molecular weight is 359 g/mol. The second-order valence-corrected chi connectivity index (χ2v) is 7.54. The fourth-order valence-corrected chi connectivity index (χ4v) is 4.11. The van der Waals surface area contributed by atoms with Gasteiger partial charge in [-0.05, 0) is 43.5 Å². The molecular weight excluding hydrogens is 337 g/mol. The van der Waals surface area contributed by atoms with E-state index in [1.54, 1.807) is 18.2 Å². The lowest BCUT2D eigenvalue weighted by molar-refractivity contribution is -0.136. The Hall–Kier alpha value is -2.28. The van der Waals surface area contributed by atoms with E-state index < -0.39 is 17.6 Å². The minimum atomic E-state index is -1.37. The van der Waals surface area contributed by atoms with Crippen LogP contribution in [0.3, 0.4) is 0 Å². The Labute approximate surface area is 151 Å². The smallest absolute Gasteiger partial charge is 0.255 e.